The molecule has 0 aliphatic rings. The maximum atomic E-state index is 9.71. The highest BCUT2D eigenvalue weighted by atomic mass is 79.9. The molecule has 0 fully saturated rings. The van der Waals surface area contributed by atoms with Crippen molar-refractivity contribution in [2.75, 3.05) is 5.32 Å². The third-order valence-electron chi connectivity index (χ3n) is 3.29. The third kappa shape index (κ3) is 4.27. The SMILES string of the molecule is Br.CC(O)C(C)(C)Nc1nc(-c2ccc(C#N)cc2)cs1. The number of aliphatic hydroxyl groups is 1. The van der Waals surface area contributed by atoms with Gasteiger partial charge in [0.25, 0.3) is 0 Å². The fraction of sp³-hybridized carbons (Fsp3) is 0.333. The van der Waals surface area contributed by atoms with Gasteiger partial charge in [-0.25, -0.2) is 4.98 Å². The van der Waals surface area contributed by atoms with Crippen molar-refractivity contribution in [3.63, 3.8) is 0 Å². The van der Waals surface area contributed by atoms with Crippen molar-refractivity contribution in [3.8, 4) is 17.3 Å². The summed E-state index contributed by atoms with van der Waals surface area (Å²) in [6.07, 6.45) is -0.482. The van der Waals surface area contributed by atoms with Crippen LogP contribution in [-0.2, 0) is 0 Å². The molecule has 0 bridgehead atoms. The lowest BCUT2D eigenvalue weighted by atomic mass is 9.99. The molecule has 112 valence electrons. The molecule has 0 saturated carbocycles. The Kier molecular flexibility index (Phi) is 5.90. The van der Waals surface area contributed by atoms with Crippen LogP contribution < -0.4 is 5.32 Å². The van der Waals surface area contributed by atoms with Crippen LogP contribution in [0.1, 0.15) is 26.3 Å². The van der Waals surface area contributed by atoms with Crippen LogP contribution in [0.4, 0.5) is 5.13 Å². The Hall–Kier alpha value is -1.42. The van der Waals surface area contributed by atoms with Gasteiger partial charge in [-0.2, -0.15) is 5.26 Å². The number of hydrogen-bond acceptors (Lipinski definition) is 5. The van der Waals surface area contributed by atoms with Gasteiger partial charge in [-0.3, -0.25) is 0 Å². The Balaban J connectivity index is 0.00000220. The second-order valence-corrected chi connectivity index (χ2v) is 6.11. The van der Waals surface area contributed by atoms with E-state index in [0.717, 1.165) is 16.4 Å². The first-order valence-corrected chi connectivity index (χ1v) is 7.22. The molecular formula is C15H18BrN3OS. The van der Waals surface area contributed by atoms with Gasteiger partial charge in [0, 0.05) is 10.9 Å². The van der Waals surface area contributed by atoms with E-state index in [1.807, 2.05) is 31.4 Å². The summed E-state index contributed by atoms with van der Waals surface area (Å²) in [4.78, 5) is 4.52. The summed E-state index contributed by atoms with van der Waals surface area (Å²) in [5.41, 5.74) is 2.05. The smallest absolute Gasteiger partial charge is 0.183 e. The van der Waals surface area contributed by atoms with Crippen molar-refractivity contribution in [2.45, 2.75) is 32.4 Å². The average Bonchev–Trinajstić information content (AvgIpc) is 2.86. The van der Waals surface area contributed by atoms with Gasteiger partial charge in [-0.1, -0.05) is 12.1 Å². The van der Waals surface area contributed by atoms with Crippen LogP contribution in [-0.4, -0.2) is 21.7 Å². The largest absolute Gasteiger partial charge is 0.391 e. The van der Waals surface area contributed by atoms with Crippen molar-refractivity contribution in [1.29, 1.82) is 5.26 Å². The molecular weight excluding hydrogens is 350 g/mol. The number of aliphatic hydroxyl groups excluding tert-OH is 1. The van der Waals surface area contributed by atoms with E-state index in [-0.39, 0.29) is 17.0 Å². The molecule has 0 amide bonds. The molecule has 6 heteroatoms. The van der Waals surface area contributed by atoms with Crippen LogP contribution in [0.2, 0.25) is 0 Å². The summed E-state index contributed by atoms with van der Waals surface area (Å²) < 4.78 is 0. The number of nitriles is 1. The molecule has 1 unspecified atom stereocenters. The Labute approximate surface area is 139 Å². The first kappa shape index (κ1) is 17.6. The number of hydrogen-bond donors (Lipinski definition) is 2. The molecule has 0 spiro atoms. The molecule has 0 aliphatic heterocycles. The summed E-state index contributed by atoms with van der Waals surface area (Å²) in [6.45, 7) is 5.61. The van der Waals surface area contributed by atoms with E-state index >= 15 is 0 Å². The van der Waals surface area contributed by atoms with Crippen molar-refractivity contribution in [1.82, 2.24) is 4.98 Å². The zero-order valence-electron chi connectivity index (χ0n) is 12.1. The highest BCUT2D eigenvalue weighted by Gasteiger charge is 2.24. The predicted molar refractivity (Wildman–Crippen MR) is 92.0 cm³/mol. The molecule has 2 rings (SSSR count). The zero-order valence-corrected chi connectivity index (χ0v) is 14.7. The van der Waals surface area contributed by atoms with Crippen LogP contribution in [0.5, 0.6) is 0 Å². The Bertz CT molecular complexity index is 629. The fourth-order valence-electron chi connectivity index (χ4n) is 1.56. The second-order valence-electron chi connectivity index (χ2n) is 5.25. The summed E-state index contributed by atoms with van der Waals surface area (Å²) in [5, 5.41) is 24.5. The molecule has 0 aliphatic carbocycles. The molecule has 0 radical (unpaired) electrons. The summed E-state index contributed by atoms with van der Waals surface area (Å²) in [5.74, 6) is 0. The van der Waals surface area contributed by atoms with Gasteiger partial charge in [0.1, 0.15) is 0 Å². The Morgan fingerprint density at radius 3 is 2.48 bits per heavy atom. The van der Waals surface area contributed by atoms with Crippen LogP contribution >= 0.6 is 28.3 Å². The molecule has 1 atom stereocenters. The van der Waals surface area contributed by atoms with E-state index in [9.17, 15) is 5.11 Å². The second kappa shape index (κ2) is 7.03. The predicted octanol–water partition coefficient (Wildman–Crippen LogP) is 3.83. The quantitative estimate of drug-likeness (QED) is 0.861. The van der Waals surface area contributed by atoms with Gasteiger partial charge in [0.05, 0.1) is 29.0 Å². The third-order valence-corrected chi connectivity index (χ3v) is 4.05. The number of halogens is 1. The lowest BCUT2D eigenvalue weighted by Crippen LogP contribution is -2.41. The Morgan fingerprint density at radius 2 is 1.95 bits per heavy atom. The highest BCUT2D eigenvalue weighted by Crippen LogP contribution is 2.27. The van der Waals surface area contributed by atoms with E-state index in [0.29, 0.717) is 5.56 Å². The van der Waals surface area contributed by atoms with Gasteiger partial charge in [0.2, 0.25) is 0 Å². The molecule has 4 nitrogen and oxygen atoms in total. The van der Waals surface area contributed by atoms with Crippen LogP contribution in [0.3, 0.4) is 0 Å². The first-order chi connectivity index (χ1) is 9.42. The first-order valence-electron chi connectivity index (χ1n) is 6.34. The van der Waals surface area contributed by atoms with Crippen molar-refractivity contribution < 1.29 is 5.11 Å². The monoisotopic (exact) mass is 367 g/mol. The van der Waals surface area contributed by atoms with Crippen LogP contribution in [0, 0.1) is 11.3 Å². The number of aromatic nitrogens is 1. The minimum Gasteiger partial charge on any atom is -0.391 e. The number of rotatable bonds is 4. The van der Waals surface area contributed by atoms with Gasteiger partial charge in [0.15, 0.2) is 5.13 Å². The topological polar surface area (TPSA) is 68.9 Å². The molecule has 0 saturated heterocycles. The van der Waals surface area contributed by atoms with Crippen molar-refractivity contribution in [3.05, 3.63) is 35.2 Å². The Morgan fingerprint density at radius 1 is 1.33 bits per heavy atom. The van der Waals surface area contributed by atoms with Crippen LogP contribution in [0.15, 0.2) is 29.6 Å². The van der Waals surface area contributed by atoms with E-state index in [1.54, 1.807) is 19.1 Å². The lowest BCUT2D eigenvalue weighted by molar-refractivity contribution is 0.133. The lowest BCUT2D eigenvalue weighted by Gasteiger charge is -2.28. The van der Waals surface area contributed by atoms with E-state index in [2.05, 4.69) is 16.4 Å². The number of nitrogens with one attached hydrogen (secondary N) is 1. The number of anilines is 1. The molecule has 1 aromatic carbocycles. The standard InChI is InChI=1S/C15H17N3OS.BrH/c1-10(19)15(2,3)18-14-17-13(9-20-14)12-6-4-11(8-16)5-7-12;/h4-7,9-10,19H,1-3H3,(H,17,18);1H. The van der Waals surface area contributed by atoms with E-state index < -0.39 is 11.6 Å². The van der Waals surface area contributed by atoms with Gasteiger partial charge < -0.3 is 10.4 Å². The van der Waals surface area contributed by atoms with Crippen molar-refractivity contribution in [2.24, 2.45) is 0 Å². The minimum atomic E-state index is -0.482. The maximum absolute atomic E-state index is 9.71. The fourth-order valence-corrected chi connectivity index (χ4v) is 2.44. The molecule has 21 heavy (non-hydrogen) atoms. The maximum Gasteiger partial charge on any atom is 0.183 e. The van der Waals surface area contributed by atoms with Gasteiger partial charge in [-0.15, -0.1) is 28.3 Å². The minimum absolute atomic E-state index is 0. The van der Waals surface area contributed by atoms with Gasteiger partial charge in [-0.05, 0) is 32.9 Å². The van der Waals surface area contributed by atoms with Gasteiger partial charge >= 0.3 is 0 Å². The molecule has 2 N–H and O–H groups in total. The summed E-state index contributed by atoms with van der Waals surface area (Å²) >= 11 is 1.50. The van der Waals surface area contributed by atoms with Crippen LogP contribution in [0.25, 0.3) is 11.3 Å². The van der Waals surface area contributed by atoms with E-state index in [1.165, 1.54) is 11.3 Å². The summed E-state index contributed by atoms with van der Waals surface area (Å²) in [6, 6.07) is 9.43. The molecule has 1 heterocycles. The highest BCUT2D eigenvalue weighted by molar-refractivity contribution is 8.93. The number of thiazole rings is 1. The number of nitrogens with zero attached hydrogens (tertiary/aromatic N) is 2. The zero-order chi connectivity index (χ0) is 14.8. The van der Waals surface area contributed by atoms with E-state index in [4.69, 9.17) is 5.26 Å². The molecule has 2 aromatic rings. The molecule has 1 aromatic heterocycles. The average molecular weight is 368 g/mol. The van der Waals surface area contributed by atoms with Crippen molar-refractivity contribution >= 4 is 33.4 Å². The number of benzene rings is 1. The summed E-state index contributed by atoms with van der Waals surface area (Å²) in [7, 11) is 0. The normalized spacial score (nSPS) is 12.1.